The molecule has 3 heterocycles. The number of benzene rings is 1. The van der Waals surface area contributed by atoms with Crippen molar-refractivity contribution >= 4 is 29.3 Å². The van der Waals surface area contributed by atoms with Gasteiger partial charge in [-0.25, -0.2) is 18.7 Å². The van der Waals surface area contributed by atoms with Gasteiger partial charge in [-0.05, 0) is 38.9 Å². The first kappa shape index (κ1) is 23.1. The highest BCUT2D eigenvalue weighted by Gasteiger charge is 2.42. The molecule has 0 amide bonds. The summed E-state index contributed by atoms with van der Waals surface area (Å²) in [6.45, 7) is 2.99. The zero-order valence-electron chi connectivity index (χ0n) is 17.9. The molecule has 1 saturated heterocycles. The van der Waals surface area contributed by atoms with Crippen LogP contribution in [0.1, 0.15) is 29.8 Å². The number of aromatic nitrogens is 4. The summed E-state index contributed by atoms with van der Waals surface area (Å²) in [5.74, 6) is -1.54. The molecule has 33 heavy (non-hydrogen) atoms. The van der Waals surface area contributed by atoms with E-state index in [1.807, 2.05) is 11.8 Å². The van der Waals surface area contributed by atoms with Crippen molar-refractivity contribution in [3.8, 4) is 0 Å². The van der Waals surface area contributed by atoms with Crippen molar-refractivity contribution in [2.45, 2.75) is 32.7 Å². The van der Waals surface area contributed by atoms with E-state index in [-0.39, 0.29) is 35.9 Å². The Morgan fingerprint density at radius 1 is 1.33 bits per heavy atom. The molecule has 0 saturated carbocycles. The lowest BCUT2D eigenvalue weighted by Crippen LogP contribution is -2.45. The van der Waals surface area contributed by atoms with Gasteiger partial charge >= 0.3 is 5.97 Å². The van der Waals surface area contributed by atoms with Crippen LogP contribution in [0.15, 0.2) is 30.5 Å². The Morgan fingerprint density at radius 3 is 2.76 bits per heavy atom. The highest BCUT2D eigenvalue weighted by Crippen LogP contribution is 2.36. The maximum Gasteiger partial charge on any atom is 0.310 e. The Bertz CT molecular complexity index is 1160. The van der Waals surface area contributed by atoms with Crippen molar-refractivity contribution < 1.29 is 18.7 Å². The Hall–Kier alpha value is -3.11. The Balaban J connectivity index is 1.47. The van der Waals surface area contributed by atoms with Gasteiger partial charge in [0, 0.05) is 30.3 Å². The molecule has 11 heteroatoms. The van der Waals surface area contributed by atoms with Crippen LogP contribution in [0.25, 0.3) is 0 Å². The smallest absolute Gasteiger partial charge is 0.310 e. The maximum absolute atomic E-state index is 14.5. The highest BCUT2D eigenvalue weighted by atomic mass is 35.5. The lowest BCUT2D eigenvalue weighted by Gasteiger charge is -2.38. The molecule has 0 atom stereocenters. The number of piperidine rings is 1. The van der Waals surface area contributed by atoms with Crippen molar-refractivity contribution in [1.82, 2.24) is 25.1 Å². The van der Waals surface area contributed by atoms with Crippen LogP contribution < -0.4 is 5.32 Å². The van der Waals surface area contributed by atoms with Gasteiger partial charge < -0.3 is 10.4 Å². The van der Waals surface area contributed by atoms with Gasteiger partial charge in [-0.15, -0.1) is 0 Å². The monoisotopic (exact) mass is 476 g/mol. The number of aryl methyl sites for hydroxylation is 1. The molecule has 1 aliphatic rings. The number of hydrogen-bond acceptors (Lipinski definition) is 6. The third kappa shape index (κ3) is 5.12. The predicted octanol–water partition coefficient (Wildman–Crippen LogP) is 4.09. The summed E-state index contributed by atoms with van der Waals surface area (Å²) in [5, 5.41) is 19.8. The number of halogens is 3. The van der Waals surface area contributed by atoms with Crippen LogP contribution >= 0.6 is 11.6 Å². The molecule has 3 aromatic rings. The second-order valence-electron chi connectivity index (χ2n) is 8.30. The van der Waals surface area contributed by atoms with Crippen molar-refractivity contribution in [2.75, 3.05) is 18.4 Å². The Labute approximate surface area is 194 Å². The van der Waals surface area contributed by atoms with Crippen LogP contribution in [0.3, 0.4) is 0 Å². The molecule has 1 aliphatic heterocycles. The summed E-state index contributed by atoms with van der Waals surface area (Å²) in [4.78, 5) is 22.4. The largest absolute Gasteiger partial charge is 0.481 e. The second kappa shape index (κ2) is 9.40. The lowest BCUT2D eigenvalue weighted by atomic mass is 9.74. The number of aliphatic carboxylic acids is 1. The molecule has 174 valence electrons. The van der Waals surface area contributed by atoms with Crippen LogP contribution in [0.5, 0.6) is 0 Å². The van der Waals surface area contributed by atoms with E-state index < -0.39 is 23.0 Å². The number of anilines is 2. The Morgan fingerprint density at radius 2 is 2.09 bits per heavy atom. The number of likely N-dealkylation sites (tertiary alicyclic amines) is 1. The summed E-state index contributed by atoms with van der Waals surface area (Å²) in [6.07, 6.45) is 1.49. The summed E-state index contributed by atoms with van der Waals surface area (Å²) >= 11 is 5.86. The van der Waals surface area contributed by atoms with Crippen LogP contribution in [0, 0.1) is 24.0 Å². The minimum Gasteiger partial charge on any atom is -0.481 e. The molecule has 1 aromatic carbocycles. The average molecular weight is 477 g/mol. The number of aromatic amines is 1. The van der Waals surface area contributed by atoms with Gasteiger partial charge in [0.2, 0.25) is 5.95 Å². The number of H-pyrrole nitrogens is 1. The molecule has 1 fully saturated rings. The van der Waals surface area contributed by atoms with E-state index >= 15 is 0 Å². The maximum atomic E-state index is 14.5. The number of carboxylic acid groups (broad SMARTS) is 1. The molecule has 0 radical (unpaired) electrons. The zero-order chi connectivity index (χ0) is 23.6. The predicted molar refractivity (Wildman–Crippen MR) is 118 cm³/mol. The number of carboxylic acids is 1. The van der Waals surface area contributed by atoms with Gasteiger partial charge in [0.1, 0.15) is 5.82 Å². The third-order valence-electron chi connectivity index (χ3n) is 5.96. The van der Waals surface area contributed by atoms with Gasteiger partial charge in [-0.3, -0.25) is 14.8 Å². The minimum atomic E-state index is -1.18. The standard InChI is InChI=1S/C22H23ClF2N6O2/c1-13-9-18(30-29-13)28-21-26-11-16(24)17(27-21)10-22(20(32)33)5-7-31(8-6-22)12-14-3-2-4-15(23)19(14)25/h2-4,9,11H,5-8,10,12H2,1H3,(H,32,33)(H2,26,27,28,29,30). The van der Waals surface area contributed by atoms with Gasteiger partial charge in [0.05, 0.1) is 22.3 Å². The fourth-order valence-electron chi connectivity index (χ4n) is 4.02. The van der Waals surface area contributed by atoms with E-state index in [1.54, 1.807) is 18.2 Å². The number of nitrogens with one attached hydrogen (secondary N) is 2. The normalized spacial score (nSPS) is 16.0. The van der Waals surface area contributed by atoms with E-state index in [9.17, 15) is 18.7 Å². The number of rotatable bonds is 7. The van der Waals surface area contributed by atoms with E-state index in [1.165, 1.54) is 6.07 Å². The second-order valence-corrected chi connectivity index (χ2v) is 8.71. The van der Waals surface area contributed by atoms with Crippen molar-refractivity contribution in [3.05, 3.63) is 64.1 Å². The minimum absolute atomic E-state index is 0.0245. The van der Waals surface area contributed by atoms with Crippen LogP contribution in [0.2, 0.25) is 5.02 Å². The molecule has 8 nitrogen and oxygen atoms in total. The average Bonchev–Trinajstić information content (AvgIpc) is 3.19. The molecule has 0 bridgehead atoms. The topological polar surface area (TPSA) is 107 Å². The molecular formula is C22H23ClF2N6O2. The van der Waals surface area contributed by atoms with Gasteiger partial charge in [0.15, 0.2) is 11.6 Å². The molecular weight excluding hydrogens is 454 g/mol. The molecule has 4 rings (SSSR count). The SMILES string of the molecule is Cc1cc(Nc2ncc(F)c(CC3(C(=O)O)CCN(Cc4cccc(Cl)c4F)CC3)n2)n[nH]1. The van der Waals surface area contributed by atoms with E-state index in [0.29, 0.717) is 31.0 Å². The molecule has 0 unspecified atom stereocenters. The van der Waals surface area contributed by atoms with Gasteiger partial charge in [-0.2, -0.15) is 5.10 Å². The van der Waals surface area contributed by atoms with Crippen LogP contribution in [-0.2, 0) is 17.8 Å². The van der Waals surface area contributed by atoms with E-state index in [0.717, 1.165) is 11.9 Å². The van der Waals surface area contributed by atoms with Crippen LogP contribution in [0.4, 0.5) is 20.5 Å². The fraction of sp³-hybridized carbons (Fsp3) is 0.364. The molecule has 2 aromatic heterocycles. The fourth-order valence-corrected chi connectivity index (χ4v) is 4.21. The lowest BCUT2D eigenvalue weighted by molar-refractivity contribution is -0.152. The number of nitrogens with zero attached hydrogens (tertiary/aromatic N) is 4. The summed E-state index contributed by atoms with van der Waals surface area (Å²) in [7, 11) is 0. The van der Waals surface area contributed by atoms with Crippen molar-refractivity contribution in [3.63, 3.8) is 0 Å². The third-order valence-corrected chi connectivity index (χ3v) is 6.25. The van der Waals surface area contributed by atoms with Gasteiger partial charge in [0.25, 0.3) is 0 Å². The molecule has 0 spiro atoms. The quantitative estimate of drug-likeness (QED) is 0.471. The first-order valence-electron chi connectivity index (χ1n) is 10.4. The van der Waals surface area contributed by atoms with E-state index in [4.69, 9.17) is 11.6 Å². The van der Waals surface area contributed by atoms with Crippen molar-refractivity contribution in [1.29, 1.82) is 0 Å². The molecule has 0 aliphatic carbocycles. The summed E-state index contributed by atoms with van der Waals surface area (Å²) in [6, 6.07) is 6.56. The summed E-state index contributed by atoms with van der Waals surface area (Å²) in [5.41, 5.74) is 0.126. The summed E-state index contributed by atoms with van der Waals surface area (Å²) < 4.78 is 28.8. The molecule has 3 N–H and O–H groups in total. The number of hydrogen-bond donors (Lipinski definition) is 3. The van der Waals surface area contributed by atoms with E-state index in [2.05, 4.69) is 25.5 Å². The first-order valence-corrected chi connectivity index (χ1v) is 10.8. The Kier molecular flexibility index (Phi) is 6.57. The van der Waals surface area contributed by atoms with Crippen molar-refractivity contribution in [2.24, 2.45) is 5.41 Å². The number of carbonyl (C=O) groups is 1. The first-order chi connectivity index (χ1) is 15.8. The highest BCUT2D eigenvalue weighted by molar-refractivity contribution is 6.30. The zero-order valence-corrected chi connectivity index (χ0v) is 18.7. The van der Waals surface area contributed by atoms with Gasteiger partial charge in [-0.1, -0.05) is 23.7 Å². The van der Waals surface area contributed by atoms with Crippen LogP contribution in [-0.4, -0.2) is 49.2 Å².